The zero-order chi connectivity index (χ0) is 23.7. The largest absolute Gasteiger partial charge is 0.497 e. The average molecular weight is 459 g/mol. The molecule has 6 nitrogen and oxygen atoms in total. The van der Waals surface area contributed by atoms with Crippen LogP contribution in [-0.4, -0.2) is 40.5 Å². The summed E-state index contributed by atoms with van der Waals surface area (Å²) in [7, 11) is 1.66. The van der Waals surface area contributed by atoms with Crippen LogP contribution in [0.2, 0.25) is 0 Å². The molecule has 7 heteroatoms. The number of methoxy groups -OCH3 is 1. The second-order valence-electron chi connectivity index (χ2n) is 8.66. The Kier molecular flexibility index (Phi) is 5.92. The number of amides is 2. The van der Waals surface area contributed by atoms with Crippen molar-refractivity contribution >= 4 is 17.2 Å². The van der Waals surface area contributed by atoms with Gasteiger partial charge in [-0.05, 0) is 55.7 Å². The fraction of sp³-hybridized carbons (Fsp3) is 0.259. The first-order valence-electron chi connectivity index (χ1n) is 11.5. The Balaban J connectivity index is 1.47. The molecule has 1 N–H and O–H groups in total. The number of anilines is 1. The highest BCUT2D eigenvalue weighted by Crippen LogP contribution is 2.34. The molecule has 3 heterocycles. The second-order valence-corrected chi connectivity index (χ2v) is 8.66. The number of aryl methyl sites for hydroxylation is 1. The average Bonchev–Trinajstić information content (AvgIpc) is 3.27. The molecule has 1 aliphatic heterocycles. The lowest BCUT2D eigenvalue weighted by molar-refractivity contribution is 0.191. The lowest BCUT2D eigenvalue weighted by Crippen LogP contribution is -2.42. The molecule has 1 aliphatic rings. The van der Waals surface area contributed by atoms with E-state index < -0.39 is 5.82 Å². The van der Waals surface area contributed by atoms with Gasteiger partial charge in [0, 0.05) is 30.8 Å². The van der Waals surface area contributed by atoms with Gasteiger partial charge in [-0.3, -0.25) is 0 Å². The van der Waals surface area contributed by atoms with Crippen LogP contribution in [-0.2, 0) is 0 Å². The van der Waals surface area contributed by atoms with Gasteiger partial charge in [-0.1, -0.05) is 30.3 Å². The smallest absolute Gasteiger partial charge is 0.321 e. The number of fused-ring (bicyclic) bond motifs is 1. The van der Waals surface area contributed by atoms with Crippen molar-refractivity contribution in [2.75, 3.05) is 25.5 Å². The Morgan fingerprint density at radius 1 is 1.15 bits per heavy atom. The minimum atomic E-state index is -0.443. The van der Waals surface area contributed by atoms with Crippen LogP contribution in [0.3, 0.4) is 0 Å². The molecule has 174 valence electrons. The molecule has 0 bridgehead atoms. The van der Waals surface area contributed by atoms with Crippen molar-refractivity contribution in [3.63, 3.8) is 0 Å². The fourth-order valence-corrected chi connectivity index (χ4v) is 4.72. The van der Waals surface area contributed by atoms with E-state index in [9.17, 15) is 9.18 Å². The SMILES string of the molecule is COc1cccc(-c2nc(C3CCCN(C(=O)Nc4ccccc4F)C3)n3cccc(C)c23)c1. The predicted molar refractivity (Wildman–Crippen MR) is 131 cm³/mol. The fourth-order valence-electron chi connectivity index (χ4n) is 4.72. The number of para-hydroxylation sites is 1. The van der Waals surface area contributed by atoms with E-state index in [1.165, 1.54) is 6.07 Å². The maximum atomic E-state index is 14.0. The van der Waals surface area contributed by atoms with Gasteiger partial charge in [0.1, 0.15) is 17.4 Å². The van der Waals surface area contributed by atoms with E-state index in [1.807, 2.05) is 36.5 Å². The third-order valence-electron chi connectivity index (χ3n) is 6.43. The van der Waals surface area contributed by atoms with Gasteiger partial charge in [-0.25, -0.2) is 14.2 Å². The zero-order valence-electron chi connectivity index (χ0n) is 19.3. The highest BCUT2D eigenvalue weighted by Gasteiger charge is 2.29. The molecule has 1 saturated heterocycles. The quantitative estimate of drug-likeness (QED) is 0.416. The van der Waals surface area contributed by atoms with Crippen LogP contribution >= 0.6 is 0 Å². The Labute approximate surface area is 198 Å². The number of benzene rings is 2. The summed E-state index contributed by atoms with van der Waals surface area (Å²) >= 11 is 0. The van der Waals surface area contributed by atoms with Crippen LogP contribution < -0.4 is 10.1 Å². The van der Waals surface area contributed by atoms with Gasteiger partial charge in [-0.2, -0.15) is 0 Å². The minimum absolute atomic E-state index is 0.0637. The molecular formula is C27H27FN4O2. The number of halogens is 1. The summed E-state index contributed by atoms with van der Waals surface area (Å²) in [6.07, 6.45) is 3.81. The first-order chi connectivity index (χ1) is 16.5. The van der Waals surface area contributed by atoms with Crippen molar-refractivity contribution in [2.45, 2.75) is 25.7 Å². The van der Waals surface area contributed by atoms with Gasteiger partial charge in [0.2, 0.25) is 0 Å². The van der Waals surface area contributed by atoms with Gasteiger partial charge in [0.05, 0.1) is 24.0 Å². The number of aromatic nitrogens is 2. The summed E-state index contributed by atoms with van der Waals surface area (Å²) in [6, 6.07) is 17.9. The molecular weight excluding hydrogens is 431 g/mol. The van der Waals surface area contributed by atoms with E-state index in [-0.39, 0.29) is 17.6 Å². The van der Waals surface area contributed by atoms with Crippen LogP contribution in [0.1, 0.15) is 30.1 Å². The number of likely N-dealkylation sites (tertiary alicyclic amines) is 1. The molecule has 0 saturated carbocycles. The van der Waals surface area contributed by atoms with Crippen LogP contribution in [0.25, 0.3) is 16.8 Å². The van der Waals surface area contributed by atoms with Crippen LogP contribution in [0.15, 0.2) is 66.9 Å². The number of carbonyl (C=O) groups is 1. The molecule has 0 aliphatic carbocycles. The molecule has 34 heavy (non-hydrogen) atoms. The second kappa shape index (κ2) is 9.17. The topological polar surface area (TPSA) is 58.9 Å². The molecule has 1 atom stereocenters. The number of piperidine rings is 1. The van der Waals surface area contributed by atoms with Crippen molar-refractivity contribution in [1.29, 1.82) is 0 Å². The maximum absolute atomic E-state index is 14.0. The lowest BCUT2D eigenvalue weighted by atomic mass is 9.97. The van der Waals surface area contributed by atoms with E-state index in [2.05, 4.69) is 22.7 Å². The van der Waals surface area contributed by atoms with E-state index in [1.54, 1.807) is 30.2 Å². The Bertz CT molecular complexity index is 1350. The summed E-state index contributed by atoms with van der Waals surface area (Å²) in [6.45, 7) is 3.23. The summed E-state index contributed by atoms with van der Waals surface area (Å²) in [5, 5.41) is 2.71. The van der Waals surface area contributed by atoms with Crippen LogP contribution in [0.4, 0.5) is 14.9 Å². The molecule has 0 radical (unpaired) electrons. The number of ether oxygens (including phenoxy) is 1. The van der Waals surface area contributed by atoms with Gasteiger partial charge in [0.15, 0.2) is 0 Å². The molecule has 2 aromatic carbocycles. The van der Waals surface area contributed by atoms with Gasteiger partial charge >= 0.3 is 6.03 Å². The highest BCUT2D eigenvalue weighted by molar-refractivity contribution is 5.89. The minimum Gasteiger partial charge on any atom is -0.497 e. The summed E-state index contributed by atoms with van der Waals surface area (Å²) in [5.74, 6) is 1.33. The number of urea groups is 1. The van der Waals surface area contributed by atoms with Gasteiger partial charge < -0.3 is 19.4 Å². The summed E-state index contributed by atoms with van der Waals surface area (Å²) in [4.78, 5) is 19.8. The molecule has 2 amide bonds. The number of imidazole rings is 1. The highest BCUT2D eigenvalue weighted by atomic mass is 19.1. The standard InChI is InChI=1S/C27H27FN4O2/c1-18-8-6-15-32-25(18)24(19-9-5-11-21(16-19)34-2)30-26(32)20-10-7-14-31(17-20)27(33)29-23-13-4-3-12-22(23)28/h3-6,8-9,11-13,15-16,20H,7,10,14,17H2,1-2H3,(H,29,33). The Morgan fingerprint density at radius 3 is 2.82 bits per heavy atom. The number of hydrogen-bond acceptors (Lipinski definition) is 3. The molecule has 1 unspecified atom stereocenters. The van der Waals surface area contributed by atoms with Crippen molar-refractivity contribution in [3.8, 4) is 17.0 Å². The number of nitrogens with one attached hydrogen (secondary N) is 1. The van der Waals surface area contributed by atoms with E-state index >= 15 is 0 Å². The van der Waals surface area contributed by atoms with Gasteiger partial charge in [-0.15, -0.1) is 0 Å². The van der Waals surface area contributed by atoms with E-state index in [4.69, 9.17) is 9.72 Å². The maximum Gasteiger partial charge on any atom is 0.321 e. The van der Waals surface area contributed by atoms with Crippen molar-refractivity contribution in [1.82, 2.24) is 14.3 Å². The molecule has 5 rings (SSSR count). The van der Waals surface area contributed by atoms with Gasteiger partial charge in [0.25, 0.3) is 0 Å². The molecule has 2 aromatic heterocycles. The van der Waals surface area contributed by atoms with Crippen LogP contribution in [0, 0.1) is 12.7 Å². The molecule has 1 fully saturated rings. The van der Waals surface area contributed by atoms with E-state index in [0.717, 1.165) is 46.8 Å². The van der Waals surface area contributed by atoms with Crippen molar-refractivity contribution < 1.29 is 13.9 Å². The zero-order valence-corrected chi connectivity index (χ0v) is 19.3. The summed E-state index contributed by atoms with van der Waals surface area (Å²) in [5.41, 5.74) is 4.27. The number of carbonyl (C=O) groups excluding carboxylic acids is 1. The Hall–Kier alpha value is -3.87. The first kappa shape index (κ1) is 21.9. The Morgan fingerprint density at radius 2 is 2.00 bits per heavy atom. The predicted octanol–water partition coefficient (Wildman–Crippen LogP) is 5.87. The number of nitrogens with zero attached hydrogens (tertiary/aromatic N) is 3. The van der Waals surface area contributed by atoms with Crippen molar-refractivity contribution in [2.24, 2.45) is 0 Å². The first-order valence-corrected chi connectivity index (χ1v) is 11.5. The van der Waals surface area contributed by atoms with Crippen LogP contribution in [0.5, 0.6) is 5.75 Å². The number of pyridine rings is 1. The molecule has 4 aromatic rings. The third-order valence-corrected chi connectivity index (χ3v) is 6.43. The number of hydrogen-bond donors (Lipinski definition) is 1. The van der Waals surface area contributed by atoms with E-state index in [0.29, 0.717) is 13.1 Å². The normalized spacial score (nSPS) is 16.0. The lowest BCUT2D eigenvalue weighted by Gasteiger charge is -2.32. The third kappa shape index (κ3) is 4.09. The van der Waals surface area contributed by atoms with Crippen molar-refractivity contribution in [3.05, 3.63) is 84.1 Å². The number of rotatable bonds is 4. The molecule has 0 spiro atoms. The summed E-state index contributed by atoms with van der Waals surface area (Å²) < 4.78 is 21.6. The monoisotopic (exact) mass is 458 g/mol.